The van der Waals surface area contributed by atoms with Gasteiger partial charge in [0.25, 0.3) is 0 Å². The van der Waals surface area contributed by atoms with E-state index in [9.17, 15) is 4.79 Å². The molecule has 3 heteroatoms. The number of aryl methyl sites for hydroxylation is 1. The molecule has 2 N–H and O–H groups in total. The van der Waals surface area contributed by atoms with Gasteiger partial charge in [0.2, 0.25) is 5.91 Å². The summed E-state index contributed by atoms with van der Waals surface area (Å²) in [5.41, 5.74) is 2.61. The molecule has 1 heterocycles. The van der Waals surface area contributed by atoms with Crippen molar-refractivity contribution >= 4 is 5.91 Å². The fourth-order valence-corrected chi connectivity index (χ4v) is 2.66. The van der Waals surface area contributed by atoms with Crippen LogP contribution in [0.25, 0.3) is 0 Å². The molecule has 1 unspecified atom stereocenters. The molecular formula is C16H24N2O. The Kier molecular flexibility index (Phi) is 4.97. The highest BCUT2D eigenvalue weighted by molar-refractivity contribution is 5.79. The first kappa shape index (κ1) is 14.1. The van der Waals surface area contributed by atoms with E-state index >= 15 is 0 Å². The van der Waals surface area contributed by atoms with E-state index < -0.39 is 0 Å². The van der Waals surface area contributed by atoms with E-state index in [-0.39, 0.29) is 17.9 Å². The molecule has 0 spiro atoms. The molecule has 0 bridgehead atoms. The Labute approximate surface area is 115 Å². The highest BCUT2D eigenvalue weighted by Gasteiger charge is 2.22. The lowest BCUT2D eigenvalue weighted by atomic mass is 9.97. The second-order valence-corrected chi connectivity index (χ2v) is 5.58. The zero-order chi connectivity index (χ0) is 13.7. The highest BCUT2D eigenvalue weighted by Crippen LogP contribution is 2.12. The molecule has 104 valence electrons. The van der Waals surface area contributed by atoms with Crippen molar-refractivity contribution in [1.29, 1.82) is 0 Å². The fourth-order valence-electron chi connectivity index (χ4n) is 2.66. The molecule has 0 aliphatic carbocycles. The van der Waals surface area contributed by atoms with E-state index in [1.54, 1.807) is 0 Å². The van der Waals surface area contributed by atoms with Gasteiger partial charge in [-0.3, -0.25) is 4.79 Å². The van der Waals surface area contributed by atoms with Crippen LogP contribution in [0.2, 0.25) is 0 Å². The van der Waals surface area contributed by atoms with Crippen molar-refractivity contribution in [3.8, 4) is 0 Å². The van der Waals surface area contributed by atoms with Gasteiger partial charge in [-0.2, -0.15) is 0 Å². The molecule has 1 fully saturated rings. The van der Waals surface area contributed by atoms with E-state index in [0.29, 0.717) is 0 Å². The number of hydrogen-bond donors (Lipinski definition) is 2. The molecule has 0 radical (unpaired) electrons. The lowest BCUT2D eigenvalue weighted by Crippen LogP contribution is -2.44. The molecule has 1 aromatic carbocycles. The Morgan fingerprint density at radius 2 is 2.26 bits per heavy atom. The summed E-state index contributed by atoms with van der Waals surface area (Å²) in [6.45, 7) is 6.07. The predicted molar refractivity (Wildman–Crippen MR) is 78.1 cm³/mol. The Morgan fingerprint density at radius 1 is 1.47 bits per heavy atom. The van der Waals surface area contributed by atoms with Crippen LogP contribution in [-0.4, -0.2) is 25.0 Å². The monoisotopic (exact) mass is 260 g/mol. The van der Waals surface area contributed by atoms with Gasteiger partial charge in [-0.05, 0) is 50.8 Å². The van der Waals surface area contributed by atoms with Gasteiger partial charge in [-0.1, -0.05) is 24.3 Å². The van der Waals surface area contributed by atoms with Crippen LogP contribution in [0.4, 0.5) is 0 Å². The number of rotatable bonds is 4. The van der Waals surface area contributed by atoms with Gasteiger partial charge in [0.05, 0.1) is 5.92 Å². The van der Waals surface area contributed by atoms with E-state index in [1.165, 1.54) is 11.1 Å². The van der Waals surface area contributed by atoms with E-state index in [1.807, 2.05) is 0 Å². The molecule has 0 saturated carbocycles. The van der Waals surface area contributed by atoms with Crippen molar-refractivity contribution in [2.75, 3.05) is 13.1 Å². The molecule has 1 aromatic rings. The zero-order valence-corrected chi connectivity index (χ0v) is 11.9. The van der Waals surface area contributed by atoms with Crippen LogP contribution in [0.1, 0.15) is 30.9 Å². The van der Waals surface area contributed by atoms with Gasteiger partial charge in [0.1, 0.15) is 0 Å². The van der Waals surface area contributed by atoms with Crippen LogP contribution in [-0.2, 0) is 11.2 Å². The standard InChI is InChI=1S/C16H24N2O/c1-12-6-3-4-7-14(12)10-13(2)18-16(19)15-8-5-9-17-11-15/h3-4,6-7,13,15,17H,5,8-11H2,1-2H3,(H,18,19)/t13?,15-/m0/s1. The summed E-state index contributed by atoms with van der Waals surface area (Å²) in [6, 6.07) is 8.56. The van der Waals surface area contributed by atoms with Crippen molar-refractivity contribution in [3.05, 3.63) is 35.4 Å². The molecule has 19 heavy (non-hydrogen) atoms. The predicted octanol–water partition coefficient (Wildman–Crippen LogP) is 2.04. The summed E-state index contributed by atoms with van der Waals surface area (Å²) in [7, 11) is 0. The molecule has 1 aliphatic heterocycles. The van der Waals surface area contributed by atoms with Crippen LogP contribution in [0, 0.1) is 12.8 Å². The van der Waals surface area contributed by atoms with Gasteiger partial charge in [-0.25, -0.2) is 0 Å². The first-order valence-corrected chi connectivity index (χ1v) is 7.22. The summed E-state index contributed by atoms with van der Waals surface area (Å²) in [5.74, 6) is 0.348. The fraction of sp³-hybridized carbons (Fsp3) is 0.562. The first-order chi connectivity index (χ1) is 9.16. The van der Waals surface area contributed by atoms with Crippen molar-refractivity contribution in [3.63, 3.8) is 0 Å². The van der Waals surface area contributed by atoms with Crippen LogP contribution in [0.5, 0.6) is 0 Å². The molecule has 2 atom stereocenters. The van der Waals surface area contributed by atoms with Crippen LogP contribution >= 0.6 is 0 Å². The second-order valence-electron chi connectivity index (χ2n) is 5.58. The number of amides is 1. The zero-order valence-electron chi connectivity index (χ0n) is 11.9. The Balaban J connectivity index is 1.85. The minimum absolute atomic E-state index is 0.146. The average molecular weight is 260 g/mol. The summed E-state index contributed by atoms with van der Waals surface area (Å²) in [4.78, 5) is 12.1. The van der Waals surface area contributed by atoms with Gasteiger partial charge in [0.15, 0.2) is 0 Å². The van der Waals surface area contributed by atoms with Crippen molar-refractivity contribution in [2.45, 2.75) is 39.2 Å². The third kappa shape index (κ3) is 4.06. The van der Waals surface area contributed by atoms with Gasteiger partial charge in [-0.15, -0.1) is 0 Å². The summed E-state index contributed by atoms with van der Waals surface area (Å²) >= 11 is 0. The maximum Gasteiger partial charge on any atom is 0.224 e. The third-order valence-corrected chi connectivity index (χ3v) is 3.84. The Hall–Kier alpha value is -1.35. The highest BCUT2D eigenvalue weighted by atomic mass is 16.1. The van der Waals surface area contributed by atoms with Crippen LogP contribution in [0.3, 0.4) is 0 Å². The topological polar surface area (TPSA) is 41.1 Å². The van der Waals surface area contributed by atoms with Crippen molar-refractivity contribution in [1.82, 2.24) is 10.6 Å². The van der Waals surface area contributed by atoms with Crippen LogP contribution < -0.4 is 10.6 Å². The summed E-state index contributed by atoms with van der Waals surface area (Å²) < 4.78 is 0. The smallest absolute Gasteiger partial charge is 0.224 e. The normalized spacial score (nSPS) is 20.8. The number of piperidine rings is 1. The molecule has 0 aromatic heterocycles. The quantitative estimate of drug-likeness (QED) is 0.870. The second kappa shape index (κ2) is 6.71. The Bertz CT molecular complexity index is 425. The minimum atomic E-state index is 0.146. The van der Waals surface area contributed by atoms with E-state index in [0.717, 1.165) is 32.4 Å². The number of hydrogen-bond acceptors (Lipinski definition) is 2. The minimum Gasteiger partial charge on any atom is -0.353 e. The number of benzene rings is 1. The third-order valence-electron chi connectivity index (χ3n) is 3.84. The van der Waals surface area contributed by atoms with Crippen LogP contribution in [0.15, 0.2) is 24.3 Å². The molecule has 2 rings (SSSR count). The van der Waals surface area contributed by atoms with E-state index in [4.69, 9.17) is 0 Å². The molecule has 1 amide bonds. The van der Waals surface area contributed by atoms with Gasteiger partial charge >= 0.3 is 0 Å². The molecule has 1 aliphatic rings. The van der Waals surface area contributed by atoms with Gasteiger partial charge in [0, 0.05) is 12.6 Å². The maximum absolute atomic E-state index is 12.1. The average Bonchev–Trinajstić information content (AvgIpc) is 2.42. The molecule has 1 saturated heterocycles. The molecule has 3 nitrogen and oxygen atoms in total. The SMILES string of the molecule is Cc1ccccc1CC(C)NC(=O)[C@H]1CCCNC1. The summed E-state index contributed by atoms with van der Waals surface area (Å²) in [6.07, 6.45) is 3.01. The number of carbonyl (C=O) groups is 1. The van der Waals surface area contributed by atoms with E-state index in [2.05, 4.69) is 48.7 Å². The number of nitrogens with one attached hydrogen (secondary N) is 2. The summed E-state index contributed by atoms with van der Waals surface area (Å²) in [5, 5.41) is 6.43. The van der Waals surface area contributed by atoms with Crippen molar-refractivity contribution in [2.24, 2.45) is 5.92 Å². The number of carbonyl (C=O) groups excluding carboxylic acids is 1. The first-order valence-electron chi connectivity index (χ1n) is 7.22. The maximum atomic E-state index is 12.1. The van der Waals surface area contributed by atoms with Gasteiger partial charge < -0.3 is 10.6 Å². The largest absolute Gasteiger partial charge is 0.353 e. The van der Waals surface area contributed by atoms with Crippen molar-refractivity contribution < 1.29 is 4.79 Å². The molecular weight excluding hydrogens is 236 g/mol. The lowest BCUT2D eigenvalue weighted by Gasteiger charge is -2.24. The lowest BCUT2D eigenvalue weighted by molar-refractivity contribution is -0.126. The Morgan fingerprint density at radius 3 is 2.95 bits per heavy atom.